The molecule has 0 unspecified atom stereocenters. The molecule has 0 aromatic heterocycles. The van der Waals surface area contributed by atoms with Gasteiger partial charge in [-0.3, -0.25) is 4.79 Å². The lowest BCUT2D eigenvalue weighted by Crippen LogP contribution is -2.36. The first-order valence-electron chi connectivity index (χ1n) is 8.42. The largest absolute Gasteiger partial charge is 0.352 e. The van der Waals surface area contributed by atoms with Crippen LogP contribution in [0.25, 0.3) is 0 Å². The molecule has 1 aliphatic carbocycles. The highest BCUT2D eigenvalue weighted by Crippen LogP contribution is 2.47. The fraction of sp³-hybridized carbons (Fsp3) is 0.400. The summed E-state index contributed by atoms with van der Waals surface area (Å²) in [6.07, 6.45) is 1.32. The topological polar surface area (TPSA) is 52.9 Å². The number of Topliss-reactive ketones (excluding diaryl/α,β-unsaturated/α-hetero) is 1. The van der Waals surface area contributed by atoms with Gasteiger partial charge in [-0.05, 0) is 35.3 Å². The van der Waals surface area contributed by atoms with Crippen molar-refractivity contribution in [3.05, 3.63) is 56.7 Å². The van der Waals surface area contributed by atoms with Gasteiger partial charge in [0.25, 0.3) is 0 Å². The minimum Gasteiger partial charge on any atom is -0.352 e. The van der Waals surface area contributed by atoms with Gasteiger partial charge in [0.15, 0.2) is 5.78 Å². The Kier molecular flexibility index (Phi) is 4.99. The summed E-state index contributed by atoms with van der Waals surface area (Å²) in [5.41, 5.74) is 3.22. The van der Waals surface area contributed by atoms with Gasteiger partial charge < -0.3 is 5.32 Å². The average Bonchev–Trinajstić information content (AvgIpc) is 2.53. The van der Waals surface area contributed by atoms with Crippen LogP contribution in [0.3, 0.4) is 0 Å². The van der Waals surface area contributed by atoms with E-state index in [1.807, 2.05) is 24.3 Å². The zero-order valence-electron chi connectivity index (χ0n) is 14.6. The number of hydrogen-bond donors (Lipinski definition) is 1. The zero-order valence-corrected chi connectivity index (χ0v) is 16.2. The summed E-state index contributed by atoms with van der Waals surface area (Å²) < 4.78 is 0. The first kappa shape index (κ1) is 18.1. The van der Waals surface area contributed by atoms with Crippen LogP contribution >= 0.6 is 23.4 Å². The Bertz CT molecular complexity index is 815. The summed E-state index contributed by atoms with van der Waals surface area (Å²) >= 11 is 7.65. The van der Waals surface area contributed by atoms with Crippen molar-refractivity contribution < 1.29 is 4.79 Å². The van der Waals surface area contributed by atoms with Crippen LogP contribution in [0.15, 0.2) is 46.1 Å². The van der Waals surface area contributed by atoms with E-state index in [4.69, 9.17) is 11.6 Å². The molecule has 1 aromatic rings. The maximum atomic E-state index is 13.0. The Morgan fingerprint density at radius 2 is 2.00 bits per heavy atom. The van der Waals surface area contributed by atoms with Crippen molar-refractivity contribution in [2.45, 2.75) is 39.5 Å². The molecule has 3 rings (SSSR count). The van der Waals surface area contributed by atoms with Crippen molar-refractivity contribution >= 4 is 29.1 Å². The lowest BCUT2D eigenvalue weighted by atomic mass is 9.69. The van der Waals surface area contributed by atoms with Crippen LogP contribution in [-0.4, -0.2) is 11.5 Å². The lowest BCUT2D eigenvalue weighted by Gasteiger charge is -2.39. The molecule has 0 saturated carbocycles. The standard InChI is InChI=1S/C20H21ClN2OS/c1-4-25-19-14(11-22)17(12-5-7-13(21)8-6-12)18-15(23-19)9-20(2,3)10-16(18)24/h5-8,17,23H,4,9-10H2,1-3H3/t17-/m0/s1. The van der Waals surface area contributed by atoms with Gasteiger partial charge in [-0.15, -0.1) is 11.8 Å². The van der Waals surface area contributed by atoms with Crippen molar-refractivity contribution in [3.63, 3.8) is 0 Å². The van der Waals surface area contributed by atoms with E-state index < -0.39 is 0 Å². The maximum absolute atomic E-state index is 13.0. The third-order valence-electron chi connectivity index (χ3n) is 4.62. The van der Waals surface area contributed by atoms with E-state index in [0.717, 1.165) is 34.0 Å². The molecule has 3 nitrogen and oxygen atoms in total. The van der Waals surface area contributed by atoms with Gasteiger partial charge in [-0.25, -0.2) is 0 Å². The van der Waals surface area contributed by atoms with Gasteiger partial charge in [0.1, 0.15) is 0 Å². The highest BCUT2D eigenvalue weighted by molar-refractivity contribution is 8.03. The summed E-state index contributed by atoms with van der Waals surface area (Å²) in [6, 6.07) is 9.82. The number of nitrogens with one attached hydrogen (secondary N) is 1. The fourth-order valence-electron chi connectivity index (χ4n) is 3.62. The van der Waals surface area contributed by atoms with Gasteiger partial charge in [0, 0.05) is 22.7 Å². The Morgan fingerprint density at radius 1 is 1.32 bits per heavy atom. The van der Waals surface area contributed by atoms with Gasteiger partial charge in [-0.1, -0.05) is 44.5 Å². The number of allylic oxidation sites excluding steroid dienone is 3. The van der Waals surface area contributed by atoms with Gasteiger partial charge in [-0.2, -0.15) is 5.26 Å². The van der Waals surface area contributed by atoms with E-state index in [9.17, 15) is 10.1 Å². The number of ketones is 1. The van der Waals surface area contributed by atoms with Crippen LogP contribution in [-0.2, 0) is 4.79 Å². The minimum absolute atomic E-state index is 0.0698. The third-order valence-corrected chi connectivity index (χ3v) is 5.77. The quantitative estimate of drug-likeness (QED) is 0.796. The molecule has 0 fully saturated rings. The summed E-state index contributed by atoms with van der Waals surface area (Å²) in [5.74, 6) is 0.684. The number of carbonyl (C=O) groups is 1. The normalized spacial score (nSPS) is 22.4. The Labute approximate surface area is 158 Å². The van der Waals surface area contributed by atoms with Crippen LogP contribution in [0.4, 0.5) is 0 Å². The molecule has 1 aromatic carbocycles. The van der Waals surface area contributed by atoms with E-state index >= 15 is 0 Å². The molecular weight excluding hydrogens is 352 g/mol. The predicted molar refractivity (Wildman–Crippen MR) is 103 cm³/mol. The molecule has 0 bridgehead atoms. The third kappa shape index (κ3) is 3.49. The van der Waals surface area contributed by atoms with Crippen molar-refractivity contribution in [1.82, 2.24) is 5.32 Å². The molecule has 1 N–H and O–H groups in total. The minimum atomic E-state index is -0.309. The van der Waals surface area contributed by atoms with E-state index in [-0.39, 0.29) is 17.1 Å². The van der Waals surface area contributed by atoms with Crippen molar-refractivity contribution in [3.8, 4) is 6.07 Å². The SMILES string of the molecule is CCSC1=C(C#N)[C@H](c2ccc(Cl)cc2)C2=C(CC(C)(C)CC2=O)N1. The molecule has 0 saturated heterocycles. The molecule has 1 aliphatic heterocycles. The fourth-order valence-corrected chi connectivity index (χ4v) is 4.55. The highest BCUT2D eigenvalue weighted by atomic mass is 35.5. The maximum Gasteiger partial charge on any atom is 0.162 e. The monoisotopic (exact) mass is 372 g/mol. The average molecular weight is 373 g/mol. The molecule has 1 atom stereocenters. The van der Waals surface area contributed by atoms with Crippen LogP contribution in [0.2, 0.25) is 5.02 Å². The van der Waals surface area contributed by atoms with E-state index in [0.29, 0.717) is 17.0 Å². The van der Waals surface area contributed by atoms with Crippen LogP contribution in [0, 0.1) is 16.7 Å². The molecule has 5 heteroatoms. The Morgan fingerprint density at radius 3 is 2.60 bits per heavy atom. The number of halogens is 1. The number of dihydropyridines is 1. The van der Waals surface area contributed by atoms with Crippen molar-refractivity contribution in [1.29, 1.82) is 5.26 Å². The van der Waals surface area contributed by atoms with E-state index in [1.165, 1.54) is 0 Å². The second-order valence-corrected chi connectivity index (χ2v) is 8.94. The summed E-state index contributed by atoms with van der Waals surface area (Å²) in [4.78, 5) is 13.0. The van der Waals surface area contributed by atoms with Gasteiger partial charge in [0.2, 0.25) is 0 Å². The van der Waals surface area contributed by atoms with Gasteiger partial charge in [0.05, 0.1) is 22.6 Å². The summed E-state index contributed by atoms with van der Waals surface area (Å²) in [7, 11) is 0. The second kappa shape index (κ2) is 6.90. The molecule has 130 valence electrons. The summed E-state index contributed by atoms with van der Waals surface area (Å²) in [6.45, 7) is 6.29. The van der Waals surface area contributed by atoms with Crippen LogP contribution in [0.1, 0.15) is 45.1 Å². The number of benzene rings is 1. The Balaban J connectivity index is 2.18. The number of rotatable bonds is 3. The molecule has 2 aliphatic rings. The number of thioether (sulfide) groups is 1. The zero-order chi connectivity index (χ0) is 18.2. The molecule has 0 spiro atoms. The van der Waals surface area contributed by atoms with Crippen molar-refractivity contribution in [2.75, 3.05) is 5.75 Å². The van der Waals surface area contributed by atoms with E-state index in [2.05, 4.69) is 32.2 Å². The van der Waals surface area contributed by atoms with Crippen LogP contribution < -0.4 is 5.32 Å². The van der Waals surface area contributed by atoms with Gasteiger partial charge >= 0.3 is 0 Å². The molecule has 0 amide bonds. The first-order valence-corrected chi connectivity index (χ1v) is 9.78. The van der Waals surface area contributed by atoms with E-state index in [1.54, 1.807) is 11.8 Å². The highest BCUT2D eigenvalue weighted by Gasteiger charge is 2.41. The molecular formula is C20H21ClN2OS. The van der Waals surface area contributed by atoms with Crippen molar-refractivity contribution in [2.24, 2.45) is 5.41 Å². The lowest BCUT2D eigenvalue weighted by molar-refractivity contribution is -0.118. The molecule has 1 heterocycles. The molecule has 0 radical (unpaired) electrons. The van der Waals surface area contributed by atoms with Crippen LogP contribution in [0.5, 0.6) is 0 Å². The number of nitrogens with zero attached hydrogens (tertiary/aromatic N) is 1. The smallest absolute Gasteiger partial charge is 0.162 e. The summed E-state index contributed by atoms with van der Waals surface area (Å²) in [5, 5.41) is 14.8. The first-order chi connectivity index (χ1) is 11.9. The predicted octanol–water partition coefficient (Wildman–Crippen LogP) is 5.16. The second-order valence-electron chi connectivity index (χ2n) is 7.23. The number of nitriles is 1. The molecule has 25 heavy (non-hydrogen) atoms. The number of hydrogen-bond acceptors (Lipinski definition) is 4. The Hall–Kier alpha value is -1.70. The number of carbonyl (C=O) groups excluding carboxylic acids is 1.